The molecule has 0 spiro atoms. The van der Waals surface area contributed by atoms with E-state index in [0.717, 1.165) is 24.8 Å². The minimum atomic E-state index is -4.71. The second kappa shape index (κ2) is 11.8. The van der Waals surface area contributed by atoms with E-state index in [1.54, 1.807) is 73.1 Å². The highest BCUT2D eigenvalue weighted by Crippen LogP contribution is 2.41. The van der Waals surface area contributed by atoms with E-state index in [0.29, 0.717) is 40.9 Å². The number of nitrogens with zero attached hydrogens (tertiary/aromatic N) is 1. The molecule has 39 heavy (non-hydrogen) atoms. The fourth-order valence-electron chi connectivity index (χ4n) is 4.28. The molecule has 2 aromatic carbocycles. The van der Waals surface area contributed by atoms with Crippen LogP contribution in [-0.4, -0.2) is 22.2 Å². The third kappa shape index (κ3) is 7.34. The normalized spacial score (nSPS) is 15.4. The minimum absolute atomic E-state index is 0.226. The first-order chi connectivity index (χ1) is 18.6. The van der Waals surface area contributed by atoms with Crippen molar-refractivity contribution < 1.29 is 23.1 Å². The van der Waals surface area contributed by atoms with Crippen molar-refractivity contribution in [2.45, 2.75) is 44.0 Å². The number of amides is 1. The van der Waals surface area contributed by atoms with Gasteiger partial charge in [-0.15, -0.1) is 0 Å². The molecule has 0 aliphatic heterocycles. The number of nitrogens with one attached hydrogen (secondary N) is 2. The van der Waals surface area contributed by atoms with E-state index in [1.165, 1.54) is 0 Å². The second-order valence-corrected chi connectivity index (χ2v) is 9.73. The summed E-state index contributed by atoms with van der Waals surface area (Å²) < 4.78 is 39.9. The van der Waals surface area contributed by atoms with E-state index in [4.69, 9.17) is 5.73 Å². The van der Waals surface area contributed by atoms with Crippen LogP contribution in [0.1, 0.15) is 42.4 Å². The number of rotatable bonds is 11. The summed E-state index contributed by atoms with van der Waals surface area (Å²) in [7, 11) is 0. The van der Waals surface area contributed by atoms with Crippen LogP contribution in [0.25, 0.3) is 0 Å². The summed E-state index contributed by atoms with van der Waals surface area (Å²) in [5.41, 5.74) is 5.40. The molecule has 9 heteroatoms. The summed E-state index contributed by atoms with van der Waals surface area (Å²) >= 11 is 0. The van der Waals surface area contributed by atoms with Gasteiger partial charge in [-0.3, -0.25) is 9.78 Å². The van der Waals surface area contributed by atoms with Gasteiger partial charge in [-0.1, -0.05) is 49.8 Å². The zero-order valence-corrected chi connectivity index (χ0v) is 21.3. The van der Waals surface area contributed by atoms with Gasteiger partial charge in [-0.2, -0.15) is 13.2 Å². The lowest BCUT2D eigenvalue weighted by molar-refractivity contribution is -0.112. The predicted octanol–water partition coefficient (Wildman–Crippen LogP) is 6.02. The first-order valence-corrected chi connectivity index (χ1v) is 12.7. The molecule has 1 saturated carbocycles. The van der Waals surface area contributed by atoms with Gasteiger partial charge in [0.05, 0.1) is 5.57 Å². The molecule has 3 aromatic rings. The number of hydrogen-bond donors (Lipinski definition) is 4. The van der Waals surface area contributed by atoms with E-state index in [9.17, 15) is 23.1 Å². The Labute approximate surface area is 225 Å². The maximum absolute atomic E-state index is 13.3. The van der Waals surface area contributed by atoms with Crippen molar-refractivity contribution in [2.75, 3.05) is 10.6 Å². The van der Waals surface area contributed by atoms with Gasteiger partial charge >= 0.3 is 6.18 Å². The maximum atomic E-state index is 13.3. The molecular weight excluding hydrogens is 505 g/mol. The third-order valence-electron chi connectivity index (χ3n) is 6.72. The molecular formula is C30H31F3N4O2. The minimum Gasteiger partial charge on any atom is -0.380 e. The molecule has 0 saturated heterocycles. The largest absolute Gasteiger partial charge is 0.415 e. The standard InChI is InChI=1S/C30H31F3N4O2/c1-20(30(31,32)33)15-27(36-25-8-2-5-22(16-25)18-34)28(38)37-26-9-3-6-23(17-26)29(39,13-12-21-10-11-21)24-7-4-14-35-19-24/h2-9,14-17,19,21,36,39H,1,10-13,18,34H2,(H,37,38)/b27-15-. The van der Waals surface area contributed by atoms with Crippen LogP contribution in [-0.2, 0) is 16.9 Å². The van der Waals surface area contributed by atoms with Gasteiger partial charge in [-0.25, -0.2) is 0 Å². The monoisotopic (exact) mass is 536 g/mol. The quantitative estimate of drug-likeness (QED) is 0.177. The fraction of sp³-hybridized carbons (Fsp3) is 0.267. The topological polar surface area (TPSA) is 100 Å². The molecule has 1 aliphatic carbocycles. The molecule has 1 aliphatic rings. The van der Waals surface area contributed by atoms with Crippen molar-refractivity contribution in [2.24, 2.45) is 11.7 Å². The van der Waals surface area contributed by atoms with Crippen molar-refractivity contribution in [3.63, 3.8) is 0 Å². The number of carbonyl (C=O) groups excluding carboxylic acids is 1. The van der Waals surface area contributed by atoms with Crippen molar-refractivity contribution in [3.8, 4) is 0 Å². The third-order valence-corrected chi connectivity index (χ3v) is 6.72. The number of pyridine rings is 1. The lowest BCUT2D eigenvalue weighted by Gasteiger charge is -2.29. The van der Waals surface area contributed by atoms with Crippen LogP contribution in [0.4, 0.5) is 24.5 Å². The summed E-state index contributed by atoms with van der Waals surface area (Å²) in [6.07, 6.45) is 2.76. The zero-order chi connectivity index (χ0) is 28.0. The average Bonchev–Trinajstić information content (AvgIpc) is 3.76. The van der Waals surface area contributed by atoms with Gasteiger partial charge < -0.3 is 21.5 Å². The number of alkyl halides is 3. The maximum Gasteiger partial charge on any atom is 0.415 e. The zero-order valence-electron chi connectivity index (χ0n) is 21.3. The van der Waals surface area contributed by atoms with E-state index >= 15 is 0 Å². The Balaban J connectivity index is 1.62. The van der Waals surface area contributed by atoms with Crippen LogP contribution in [0, 0.1) is 5.92 Å². The average molecular weight is 537 g/mol. The molecule has 0 bridgehead atoms. The Morgan fingerprint density at radius 3 is 2.38 bits per heavy atom. The molecule has 204 valence electrons. The van der Waals surface area contributed by atoms with E-state index in [1.807, 2.05) is 0 Å². The number of allylic oxidation sites excluding steroid dienone is 2. The Morgan fingerprint density at radius 2 is 1.74 bits per heavy atom. The van der Waals surface area contributed by atoms with E-state index in [2.05, 4.69) is 22.2 Å². The highest BCUT2D eigenvalue weighted by atomic mass is 19.4. The van der Waals surface area contributed by atoms with Crippen LogP contribution in [0.5, 0.6) is 0 Å². The van der Waals surface area contributed by atoms with Gasteiger partial charge in [0.15, 0.2) is 0 Å². The van der Waals surface area contributed by atoms with Crippen molar-refractivity contribution in [1.82, 2.24) is 4.98 Å². The number of aliphatic hydroxyl groups is 1. The molecule has 1 unspecified atom stereocenters. The van der Waals surface area contributed by atoms with Gasteiger partial charge in [0.25, 0.3) is 5.91 Å². The number of hydrogen-bond acceptors (Lipinski definition) is 5. The fourth-order valence-corrected chi connectivity index (χ4v) is 4.28. The number of anilines is 2. The lowest BCUT2D eigenvalue weighted by Crippen LogP contribution is -2.28. The summed E-state index contributed by atoms with van der Waals surface area (Å²) in [6.45, 7) is 3.30. The number of aromatic nitrogens is 1. The van der Waals surface area contributed by atoms with Gasteiger partial charge in [0.1, 0.15) is 11.3 Å². The van der Waals surface area contributed by atoms with E-state index in [-0.39, 0.29) is 12.2 Å². The summed E-state index contributed by atoms with van der Waals surface area (Å²) in [4.78, 5) is 17.4. The summed E-state index contributed by atoms with van der Waals surface area (Å²) in [5.74, 6) is -0.229. The molecule has 1 aromatic heterocycles. The van der Waals surface area contributed by atoms with Crippen molar-refractivity contribution in [1.29, 1.82) is 0 Å². The second-order valence-electron chi connectivity index (χ2n) is 9.73. The molecule has 4 rings (SSSR count). The molecule has 6 nitrogen and oxygen atoms in total. The Hall–Kier alpha value is -3.95. The van der Waals surface area contributed by atoms with Crippen LogP contribution in [0.3, 0.4) is 0 Å². The Morgan fingerprint density at radius 1 is 1.05 bits per heavy atom. The van der Waals surface area contributed by atoms with Crippen molar-refractivity contribution >= 4 is 17.3 Å². The molecule has 0 radical (unpaired) electrons. The van der Waals surface area contributed by atoms with Gasteiger partial charge in [0, 0.05) is 35.9 Å². The number of halogens is 3. The molecule has 1 atom stereocenters. The lowest BCUT2D eigenvalue weighted by atomic mass is 9.82. The first-order valence-electron chi connectivity index (χ1n) is 12.7. The van der Waals surface area contributed by atoms with Gasteiger partial charge in [0.2, 0.25) is 0 Å². The predicted molar refractivity (Wildman–Crippen MR) is 145 cm³/mol. The Bertz CT molecular complexity index is 1350. The molecule has 1 fully saturated rings. The SMILES string of the molecule is C=C(/C=C(\Nc1cccc(CN)c1)C(=O)Nc1cccc(C(O)(CCC2CC2)c2cccnc2)c1)C(F)(F)F. The summed E-state index contributed by atoms with van der Waals surface area (Å²) in [5, 5.41) is 17.2. The van der Waals surface area contributed by atoms with Crippen LogP contribution in [0.15, 0.2) is 97.0 Å². The van der Waals surface area contributed by atoms with Crippen LogP contribution < -0.4 is 16.4 Å². The first kappa shape index (κ1) is 28.1. The molecule has 5 N–H and O–H groups in total. The molecule has 1 amide bonds. The summed E-state index contributed by atoms with van der Waals surface area (Å²) in [6, 6.07) is 16.9. The Kier molecular flexibility index (Phi) is 8.52. The molecule has 1 heterocycles. The van der Waals surface area contributed by atoms with E-state index < -0.39 is 23.3 Å². The van der Waals surface area contributed by atoms with Crippen LogP contribution in [0.2, 0.25) is 0 Å². The smallest absolute Gasteiger partial charge is 0.380 e. The number of nitrogens with two attached hydrogens (primary N) is 1. The van der Waals surface area contributed by atoms with Gasteiger partial charge in [-0.05, 0) is 66.3 Å². The van der Waals surface area contributed by atoms with Crippen LogP contribution >= 0.6 is 0 Å². The van der Waals surface area contributed by atoms with Crippen molar-refractivity contribution in [3.05, 3.63) is 114 Å². The highest BCUT2D eigenvalue weighted by molar-refractivity contribution is 6.06. The highest BCUT2D eigenvalue weighted by Gasteiger charge is 2.35. The number of carbonyl (C=O) groups is 1. The number of benzene rings is 2.